The zero-order valence-corrected chi connectivity index (χ0v) is 8.35. The van der Waals surface area contributed by atoms with E-state index < -0.39 is 0 Å². The molecule has 2 nitrogen and oxygen atoms in total. The van der Waals surface area contributed by atoms with Crippen LogP contribution in [0.4, 0.5) is 0 Å². The van der Waals surface area contributed by atoms with Gasteiger partial charge in [-0.1, -0.05) is 30.3 Å². The number of benzene rings is 1. The van der Waals surface area contributed by atoms with E-state index in [1.54, 1.807) is 0 Å². The van der Waals surface area contributed by atoms with Crippen molar-refractivity contribution in [1.82, 2.24) is 0 Å². The van der Waals surface area contributed by atoms with Crippen molar-refractivity contribution < 1.29 is 9.21 Å². The third-order valence-electron chi connectivity index (χ3n) is 2.23. The Bertz CT molecular complexity index is 429. The second kappa shape index (κ2) is 4.60. The first-order valence-corrected chi connectivity index (χ1v) is 4.98. The van der Waals surface area contributed by atoms with Crippen LogP contribution in [0.3, 0.4) is 0 Å². The highest BCUT2D eigenvalue weighted by Crippen LogP contribution is 2.22. The molecule has 0 spiro atoms. The van der Waals surface area contributed by atoms with Gasteiger partial charge in [-0.2, -0.15) is 0 Å². The van der Waals surface area contributed by atoms with E-state index in [2.05, 4.69) is 0 Å². The maximum absolute atomic E-state index is 10.2. The lowest BCUT2D eigenvalue weighted by molar-refractivity contribution is -0.107. The molecule has 0 aliphatic carbocycles. The van der Waals surface area contributed by atoms with Gasteiger partial charge in [0.2, 0.25) is 0 Å². The summed E-state index contributed by atoms with van der Waals surface area (Å²) in [6.07, 6.45) is 2.10. The number of carbonyl (C=O) groups is 1. The molecule has 15 heavy (non-hydrogen) atoms. The van der Waals surface area contributed by atoms with E-state index in [0.29, 0.717) is 12.8 Å². The van der Waals surface area contributed by atoms with Crippen LogP contribution >= 0.6 is 0 Å². The second-order valence-electron chi connectivity index (χ2n) is 3.34. The molecule has 0 bridgehead atoms. The van der Waals surface area contributed by atoms with Crippen molar-refractivity contribution in [3.8, 4) is 11.3 Å². The van der Waals surface area contributed by atoms with Gasteiger partial charge in [0.1, 0.15) is 17.8 Å². The molecule has 0 aliphatic rings. The van der Waals surface area contributed by atoms with Crippen LogP contribution in [0.15, 0.2) is 46.9 Å². The van der Waals surface area contributed by atoms with Crippen molar-refractivity contribution in [2.24, 2.45) is 0 Å². The Morgan fingerprint density at radius 1 is 1.07 bits per heavy atom. The largest absolute Gasteiger partial charge is 0.461 e. The van der Waals surface area contributed by atoms with Gasteiger partial charge in [-0.25, -0.2) is 0 Å². The summed E-state index contributed by atoms with van der Waals surface area (Å²) in [5.41, 5.74) is 1.06. The molecule has 2 rings (SSSR count). The predicted molar refractivity (Wildman–Crippen MR) is 58.5 cm³/mol. The first-order valence-electron chi connectivity index (χ1n) is 4.98. The van der Waals surface area contributed by atoms with Crippen LogP contribution in [0.2, 0.25) is 0 Å². The highest BCUT2D eigenvalue weighted by molar-refractivity contribution is 5.57. The molecule has 1 heterocycles. The number of carbonyl (C=O) groups excluding carboxylic acids is 1. The molecular weight excluding hydrogens is 188 g/mol. The minimum absolute atomic E-state index is 0.516. The van der Waals surface area contributed by atoms with Gasteiger partial charge >= 0.3 is 0 Å². The quantitative estimate of drug-likeness (QED) is 0.710. The molecule has 0 N–H and O–H groups in total. The van der Waals surface area contributed by atoms with Crippen molar-refractivity contribution in [3.05, 3.63) is 48.2 Å². The Balaban J connectivity index is 2.17. The van der Waals surface area contributed by atoms with E-state index in [-0.39, 0.29) is 0 Å². The Labute approximate surface area is 88.5 Å². The molecule has 1 aromatic carbocycles. The van der Waals surface area contributed by atoms with Crippen LogP contribution in [0.5, 0.6) is 0 Å². The Morgan fingerprint density at radius 2 is 1.87 bits per heavy atom. The van der Waals surface area contributed by atoms with Gasteiger partial charge in [0, 0.05) is 18.4 Å². The summed E-state index contributed by atoms with van der Waals surface area (Å²) in [6, 6.07) is 13.8. The lowest BCUT2D eigenvalue weighted by Gasteiger charge is -1.95. The van der Waals surface area contributed by atoms with E-state index >= 15 is 0 Å². The molecule has 0 unspecified atom stereocenters. The summed E-state index contributed by atoms with van der Waals surface area (Å²) in [6.45, 7) is 0. The molecule has 76 valence electrons. The van der Waals surface area contributed by atoms with Crippen molar-refractivity contribution in [2.75, 3.05) is 0 Å². The molecule has 0 radical (unpaired) electrons. The van der Waals surface area contributed by atoms with Gasteiger partial charge in [-0.15, -0.1) is 0 Å². The van der Waals surface area contributed by atoms with Crippen LogP contribution in [0.25, 0.3) is 11.3 Å². The fraction of sp³-hybridized carbons (Fsp3) is 0.154. The molecule has 0 amide bonds. The second-order valence-corrected chi connectivity index (χ2v) is 3.34. The fourth-order valence-electron chi connectivity index (χ4n) is 1.47. The van der Waals surface area contributed by atoms with Crippen LogP contribution in [0, 0.1) is 0 Å². The summed E-state index contributed by atoms with van der Waals surface area (Å²) in [5, 5.41) is 0. The van der Waals surface area contributed by atoms with Gasteiger partial charge < -0.3 is 9.21 Å². The van der Waals surface area contributed by atoms with Gasteiger partial charge in [-0.05, 0) is 12.1 Å². The summed E-state index contributed by atoms with van der Waals surface area (Å²) in [5.74, 6) is 1.72. The van der Waals surface area contributed by atoms with Crippen LogP contribution in [-0.4, -0.2) is 6.29 Å². The third-order valence-corrected chi connectivity index (χ3v) is 2.23. The Kier molecular flexibility index (Phi) is 2.98. The topological polar surface area (TPSA) is 30.2 Å². The first-order chi connectivity index (χ1) is 7.40. The fourth-order valence-corrected chi connectivity index (χ4v) is 1.47. The average molecular weight is 200 g/mol. The maximum atomic E-state index is 10.2. The third kappa shape index (κ3) is 2.34. The number of hydrogen-bond acceptors (Lipinski definition) is 2. The number of hydrogen-bond donors (Lipinski definition) is 0. The Hall–Kier alpha value is -1.83. The first kappa shape index (κ1) is 9.71. The zero-order chi connectivity index (χ0) is 10.5. The van der Waals surface area contributed by atoms with Crippen molar-refractivity contribution in [2.45, 2.75) is 12.8 Å². The van der Waals surface area contributed by atoms with Gasteiger partial charge in [0.15, 0.2) is 0 Å². The van der Waals surface area contributed by atoms with E-state index in [1.165, 1.54) is 0 Å². The summed E-state index contributed by atoms with van der Waals surface area (Å²) < 4.78 is 5.61. The molecule has 0 atom stereocenters. The van der Waals surface area contributed by atoms with Crippen molar-refractivity contribution >= 4 is 6.29 Å². The van der Waals surface area contributed by atoms with E-state index in [4.69, 9.17) is 4.42 Å². The van der Waals surface area contributed by atoms with Crippen LogP contribution in [-0.2, 0) is 11.2 Å². The monoisotopic (exact) mass is 200 g/mol. The molecule has 0 saturated carbocycles. The number of aldehydes is 1. The van der Waals surface area contributed by atoms with Crippen LogP contribution in [0.1, 0.15) is 12.2 Å². The number of aryl methyl sites for hydroxylation is 1. The van der Waals surface area contributed by atoms with Gasteiger partial charge in [-0.3, -0.25) is 0 Å². The Morgan fingerprint density at radius 3 is 2.60 bits per heavy atom. The summed E-state index contributed by atoms with van der Waals surface area (Å²) in [4.78, 5) is 10.2. The van der Waals surface area contributed by atoms with E-state index in [0.717, 1.165) is 23.4 Å². The number of rotatable bonds is 4. The van der Waals surface area contributed by atoms with E-state index in [1.807, 2.05) is 42.5 Å². The molecule has 0 saturated heterocycles. The predicted octanol–water partition coefficient (Wildman–Crippen LogP) is 3.08. The van der Waals surface area contributed by atoms with Gasteiger partial charge in [0.05, 0.1) is 0 Å². The lowest BCUT2D eigenvalue weighted by atomic mass is 10.2. The standard InChI is InChI=1S/C13H12O2/c14-10-4-7-12-8-9-13(15-12)11-5-2-1-3-6-11/h1-3,5-6,8-10H,4,7H2. The molecule has 1 aromatic heterocycles. The maximum Gasteiger partial charge on any atom is 0.134 e. The normalized spacial score (nSPS) is 10.1. The molecule has 2 aromatic rings. The van der Waals surface area contributed by atoms with Crippen LogP contribution < -0.4 is 0 Å². The van der Waals surface area contributed by atoms with Gasteiger partial charge in [0.25, 0.3) is 0 Å². The lowest BCUT2D eigenvalue weighted by Crippen LogP contribution is -1.81. The molecule has 2 heteroatoms. The summed E-state index contributed by atoms with van der Waals surface area (Å²) >= 11 is 0. The minimum atomic E-state index is 0.516. The summed E-state index contributed by atoms with van der Waals surface area (Å²) in [7, 11) is 0. The highest BCUT2D eigenvalue weighted by Gasteiger charge is 2.03. The van der Waals surface area contributed by atoms with Crippen molar-refractivity contribution in [3.63, 3.8) is 0 Å². The molecule has 0 aliphatic heterocycles. The van der Waals surface area contributed by atoms with E-state index in [9.17, 15) is 4.79 Å². The van der Waals surface area contributed by atoms with Crippen molar-refractivity contribution in [1.29, 1.82) is 0 Å². The molecule has 0 fully saturated rings. The SMILES string of the molecule is O=CCCc1ccc(-c2ccccc2)o1. The number of furan rings is 1. The highest BCUT2D eigenvalue weighted by atomic mass is 16.3. The molecular formula is C13H12O2. The smallest absolute Gasteiger partial charge is 0.134 e. The average Bonchev–Trinajstić information content (AvgIpc) is 2.76. The zero-order valence-electron chi connectivity index (χ0n) is 8.35. The minimum Gasteiger partial charge on any atom is -0.461 e.